The van der Waals surface area contributed by atoms with Gasteiger partial charge < -0.3 is 14.8 Å². The third-order valence-corrected chi connectivity index (χ3v) is 4.88. The lowest BCUT2D eigenvalue weighted by Gasteiger charge is -2.25. The summed E-state index contributed by atoms with van der Waals surface area (Å²) in [6.45, 7) is 2.53. The molecule has 2 aliphatic heterocycles. The summed E-state index contributed by atoms with van der Waals surface area (Å²) in [5, 5.41) is 13.5. The number of nitrogens with zero attached hydrogens (tertiary/aromatic N) is 2. The van der Waals surface area contributed by atoms with Gasteiger partial charge in [0.1, 0.15) is 18.8 Å². The second-order valence-corrected chi connectivity index (χ2v) is 6.73. The van der Waals surface area contributed by atoms with Gasteiger partial charge in [0, 0.05) is 12.1 Å². The maximum Gasteiger partial charge on any atom is 0.325 e. The number of hydrogen-bond donors (Lipinski definition) is 1. The van der Waals surface area contributed by atoms with Crippen LogP contribution in [0.3, 0.4) is 0 Å². The number of fused-ring (bicyclic) bond motifs is 1. The van der Waals surface area contributed by atoms with Crippen LogP contribution in [-0.2, 0) is 16.9 Å². The van der Waals surface area contributed by atoms with Gasteiger partial charge in [-0.05, 0) is 30.2 Å². The van der Waals surface area contributed by atoms with E-state index in [1.807, 2.05) is 0 Å². The molecule has 0 spiro atoms. The van der Waals surface area contributed by atoms with Crippen LogP contribution in [0.15, 0.2) is 42.5 Å². The van der Waals surface area contributed by atoms with E-state index in [4.69, 9.17) is 9.47 Å². The molecule has 2 aromatic rings. The Morgan fingerprint density at radius 3 is 2.46 bits per heavy atom. The molecule has 2 aromatic carbocycles. The Kier molecular flexibility index (Phi) is 4.14. The SMILES string of the molecule is C[C@]1(c2ccc3c(c2)OCCO3)NC(=O)N(Cc2ccc([N+](=O)[O-])cc2)C1=O. The topological polar surface area (TPSA) is 111 Å². The summed E-state index contributed by atoms with van der Waals surface area (Å²) in [5.74, 6) is 0.714. The number of nitro groups is 1. The Hall–Kier alpha value is -3.62. The Labute approximate surface area is 160 Å². The highest BCUT2D eigenvalue weighted by Gasteiger charge is 2.49. The van der Waals surface area contributed by atoms with Crippen molar-refractivity contribution in [1.29, 1.82) is 0 Å². The molecule has 0 aliphatic carbocycles. The second-order valence-electron chi connectivity index (χ2n) is 6.73. The van der Waals surface area contributed by atoms with Gasteiger partial charge in [-0.15, -0.1) is 0 Å². The van der Waals surface area contributed by atoms with E-state index in [-0.39, 0.29) is 12.2 Å². The van der Waals surface area contributed by atoms with Crippen LogP contribution in [0.4, 0.5) is 10.5 Å². The van der Waals surface area contributed by atoms with Gasteiger partial charge in [0.15, 0.2) is 11.5 Å². The first-order valence-corrected chi connectivity index (χ1v) is 8.66. The molecule has 1 atom stereocenters. The van der Waals surface area contributed by atoms with E-state index < -0.39 is 22.4 Å². The van der Waals surface area contributed by atoms with Crippen LogP contribution < -0.4 is 14.8 Å². The average molecular weight is 383 g/mol. The van der Waals surface area contributed by atoms with E-state index in [0.717, 1.165) is 4.90 Å². The van der Waals surface area contributed by atoms with Crippen LogP contribution >= 0.6 is 0 Å². The van der Waals surface area contributed by atoms with E-state index in [1.165, 1.54) is 24.3 Å². The number of urea groups is 1. The monoisotopic (exact) mass is 383 g/mol. The Morgan fingerprint density at radius 2 is 1.79 bits per heavy atom. The Balaban J connectivity index is 1.58. The van der Waals surface area contributed by atoms with E-state index in [1.54, 1.807) is 25.1 Å². The van der Waals surface area contributed by atoms with Crippen molar-refractivity contribution in [1.82, 2.24) is 10.2 Å². The van der Waals surface area contributed by atoms with Gasteiger partial charge in [-0.1, -0.05) is 18.2 Å². The van der Waals surface area contributed by atoms with E-state index in [9.17, 15) is 19.7 Å². The summed E-state index contributed by atoms with van der Waals surface area (Å²) < 4.78 is 11.1. The number of non-ortho nitro benzene ring substituents is 1. The number of benzene rings is 2. The number of carbonyl (C=O) groups is 2. The largest absolute Gasteiger partial charge is 0.486 e. The molecule has 9 nitrogen and oxygen atoms in total. The molecule has 1 N–H and O–H groups in total. The first-order chi connectivity index (χ1) is 13.4. The number of imide groups is 1. The van der Waals surface area contributed by atoms with Crippen LogP contribution in [0.1, 0.15) is 18.1 Å². The van der Waals surface area contributed by atoms with Gasteiger partial charge in [-0.3, -0.25) is 19.8 Å². The maximum atomic E-state index is 13.0. The first-order valence-electron chi connectivity index (χ1n) is 8.66. The zero-order chi connectivity index (χ0) is 19.9. The summed E-state index contributed by atoms with van der Waals surface area (Å²) in [6, 6.07) is 10.3. The van der Waals surface area contributed by atoms with Crippen LogP contribution in [0.2, 0.25) is 0 Å². The average Bonchev–Trinajstić information content (AvgIpc) is 2.92. The minimum atomic E-state index is -1.24. The normalized spacial score (nSPS) is 20.8. The van der Waals surface area contributed by atoms with Crippen molar-refractivity contribution >= 4 is 17.6 Å². The van der Waals surface area contributed by atoms with Gasteiger partial charge >= 0.3 is 6.03 Å². The fourth-order valence-electron chi connectivity index (χ4n) is 3.30. The minimum absolute atomic E-state index is 0.0167. The highest BCUT2D eigenvalue weighted by molar-refractivity contribution is 6.07. The molecule has 0 bridgehead atoms. The highest BCUT2D eigenvalue weighted by atomic mass is 16.6. The summed E-state index contributed by atoms with van der Waals surface area (Å²) in [6.07, 6.45) is 0. The Morgan fingerprint density at radius 1 is 1.11 bits per heavy atom. The summed E-state index contributed by atoms with van der Waals surface area (Å²) in [7, 11) is 0. The fourth-order valence-corrected chi connectivity index (χ4v) is 3.30. The molecule has 0 saturated carbocycles. The zero-order valence-electron chi connectivity index (χ0n) is 15.0. The molecule has 144 valence electrons. The van der Waals surface area contributed by atoms with Crippen molar-refractivity contribution in [3.05, 3.63) is 63.7 Å². The standard InChI is InChI=1S/C19H17N3O6/c1-19(13-4-7-15-16(10-13)28-9-8-27-15)17(23)21(18(24)20-19)11-12-2-5-14(6-3-12)22(25)26/h2-7,10H,8-9,11H2,1H3,(H,20,24)/t19-/m1/s1. The van der Waals surface area contributed by atoms with Gasteiger partial charge in [0.05, 0.1) is 11.5 Å². The summed E-state index contributed by atoms with van der Waals surface area (Å²) in [4.78, 5) is 36.9. The van der Waals surface area contributed by atoms with Crippen molar-refractivity contribution in [3.8, 4) is 11.5 Å². The second kappa shape index (κ2) is 6.52. The molecule has 2 heterocycles. The molecule has 0 unspecified atom stereocenters. The van der Waals surface area contributed by atoms with E-state index in [0.29, 0.717) is 35.8 Å². The quantitative estimate of drug-likeness (QED) is 0.493. The molecular weight excluding hydrogens is 366 g/mol. The number of carbonyl (C=O) groups excluding carboxylic acids is 2. The molecule has 3 amide bonds. The molecule has 2 aliphatic rings. The van der Waals surface area contributed by atoms with Crippen LogP contribution in [0.25, 0.3) is 0 Å². The molecule has 9 heteroatoms. The van der Waals surface area contributed by atoms with Crippen molar-refractivity contribution < 1.29 is 24.0 Å². The predicted molar refractivity (Wildman–Crippen MR) is 97.0 cm³/mol. The Bertz CT molecular complexity index is 974. The smallest absolute Gasteiger partial charge is 0.325 e. The van der Waals surface area contributed by atoms with Crippen molar-refractivity contribution in [2.24, 2.45) is 0 Å². The van der Waals surface area contributed by atoms with Crippen LogP contribution in [0.5, 0.6) is 11.5 Å². The third-order valence-electron chi connectivity index (χ3n) is 4.88. The van der Waals surface area contributed by atoms with E-state index >= 15 is 0 Å². The number of amides is 3. The maximum absolute atomic E-state index is 13.0. The number of ether oxygens (including phenoxy) is 2. The number of nitrogens with one attached hydrogen (secondary N) is 1. The van der Waals surface area contributed by atoms with Gasteiger partial charge in [0.2, 0.25) is 0 Å². The number of hydrogen-bond acceptors (Lipinski definition) is 6. The lowest BCUT2D eigenvalue weighted by molar-refractivity contribution is -0.384. The summed E-state index contributed by atoms with van der Waals surface area (Å²) in [5.41, 5.74) is -0.0999. The van der Waals surface area contributed by atoms with E-state index in [2.05, 4.69) is 5.32 Å². The fraction of sp³-hybridized carbons (Fsp3) is 0.263. The highest BCUT2D eigenvalue weighted by Crippen LogP contribution is 2.37. The predicted octanol–water partition coefficient (Wildman–Crippen LogP) is 2.33. The molecular formula is C19H17N3O6. The van der Waals surface area contributed by atoms with Gasteiger partial charge in [-0.25, -0.2) is 4.79 Å². The van der Waals surface area contributed by atoms with Gasteiger partial charge in [-0.2, -0.15) is 0 Å². The molecule has 1 fully saturated rings. The summed E-state index contributed by atoms with van der Waals surface area (Å²) >= 11 is 0. The van der Waals surface area contributed by atoms with Gasteiger partial charge in [0.25, 0.3) is 11.6 Å². The first kappa shape index (κ1) is 17.8. The lowest BCUT2D eigenvalue weighted by atomic mass is 9.91. The van der Waals surface area contributed by atoms with Crippen LogP contribution in [-0.4, -0.2) is 35.0 Å². The molecule has 4 rings (SSSR count). The van der Waals surface area contributed by atoms with Crippen LogP contribution in [0, 0.1) is 10.1 Å². The van der Waals surface area contributed by atoms with Crippen molar-refractivity contribution in [2.45, 2.75) is 19.0 Å². The molecule has 0 aromatic heterocycles. The molecule has 0 radical (unpaired) electrons. The minimum Gasteiger partial charge on any atom is -0.486 e. The lowest BCUT2D eigenvalue weighted by Crippen LogP contribution is -2.41. The molecule has 1 saturated heterocycles. The number of nitro benzene ring substituents is 1. The molecule has 28 heavy (non-hydrogen) atoms. The van der Waals surface area contributed by atoms with Crippen molar-refractivity contribution in [3.63, 3.8) is 0 Å². The third kappa shape index (κ3) is 2.90. The zero-order valence-corrected chi connectivity index (χ0v) is 15.0. The number of rotatable bonds is 4. The van der Waals surface area contributed by atoms with Crippen molar-refractivity contribution in [2.75, 3.05) is 13.2 Å².